The van der Waals surface area contributed by atoms with Gasteiger partial charge in [-0.05, 0) is 30.7 Å². The van der Waals surface area contributed by atoms with E-state index in [1.54, 1.807) is 18.2 Å². The summed E-state index contributed by atoms with van der Waals surface area (Å²) in [6.45, 7) is 2.73. The molecule has 0 radical (unpaired) electrons. The normalized spacial score (nSPS) is 17.9. The molecule has 1 amide bonds. The molecule has 1 aliphatic heterocycles. The van der Waals surface area contributed by atoms with Crippen molar-refractivity contribution in [1.29, 1.82) is 0 Å². The van der Waals surface area contributed by atoms with Gasteiger partial charge in [0, 0.05) is 30.5 Å². The van der Waals surface area contributed by atoms with Crippen LogP contribution in [0.2, 0.25) is 0 Å². The Morgan fingerprint density at radius 3 is 2.74 bits per heavy atom. The van der Waals surface area contributed by atoms with Crippen molar-refractivity contribution in [2.24, 2.45) is 0 Å². The fraction of sp³-hybridized carbons (Fsp3) is 0.417. The van der Waals surface area contributed by atoms with Crippen LogP contribution in [0.5, 0.6) is 0 Å². The number of rotatable bonds is 2. The second-order valence-corrected chi connectivity index (χ2v) is 7.21. The average molecular weight is 347 g/mol. The molecule has 1 aliphatic rings. The Bertz CT molecular complexity index is 601. The number of sulfonamides is 1. The van der Waals surface area contributed by atoms with Crippen LogP contribution in [-0.2, 0) is 14.8 Å². The van der Waals surface area contributed by atoms with Gasteiger partial charge < -0.3 is 5.32 Å². The first-order valence-electron chi connectivity index (χ1n) is 5.94. The summed E-state index contributed by atoms with van der Waals surface area (Å²) >= 11 is 3.35. The van der Waals surface area contributed by atoms with E-state index >= 15 is 0 Å². The van der Waals surface area contributed by atoms with Crippen LogP contribution in [0.15, 0.2) is 27.6 Å². The summed E-state index contributed by atoms with van der Waals surface area (Å²) in [6.07, 6.45) is 0.203. The predicted molar refractivity (Wildman–Crippen MR) is 75.3 cm³/mol. The maximum atomic E-state index is 12.5. The van der Waals surface area contributed by atoms with Crippen LogP contribution in [-0.4, -0.2) is 38.3 Å². The van der Waals surface area contributed by atoms with Crippen LogP contribution in [0.1, 0.15) is 12.0 Å². The van der Waals surface area contributed by atoms with Gasteiger partial charge in [-0.1, -0.05) is 15.9 Å². The van der Waals surface area contributed by atoms with Crippen LogP contribution < -0.4 is 5.32 Å². The van der Waals surface area contributed by atoms with Gasteiger partial charge in [-0.3, -0.25) is 4.79 Å². The van der Waals surface area contributed by atoms with Crippen LogP contribution in [0.4, 0.5) is 0 Å². The lowest BCUT2D eigenvalue weighted by atomic mass is 10.2. The summed E-state index contributed by atoms with van der Waals surface area (Å²) in [6, 6.07) is 4.94. The van der Waals surface area contributed by atoms with Crippen molar-refractivity contribution < 1.29 is 13.2 Å². The highest BCUT2D eigenvalue weighted by Crippen LogP contribution is 2.23. The first-order valence-corrected chi connectivity index (χ1v) is 8.17. The van der Waals surface area contributed by atoms with Crippen molar-refractivity contribution in [3.63, 3.8) is 0 Å². The molecule has 0 bridgehead atoms. The lowest BCUT2D eigenvalue weighted by molar-refractivity contribution is -0.120. The van der Waals surface area contributed by atoms with Crippen LogP contribution in [0, 0.1) is 6.92 Å². The Morgan fingerprint density at radius 1 is 1.32 bits per heavy atom. The highest BCUT2D eigenvalue weighted by atomic mass is 79.9. The van der Waals surface area contributed by atoms with Gasteiger partial charge in [0.25, 0.3) is 0 Å². The minimum atomic E-state index is -3.53. The number of nitrogens with one attached hydrogen (secondary N) is 1. The number of hydrogen-bond donors (Lipinski definition) is 1. The maximum absolute atomic E-state index is 12.5. The van der Waals surface area contributed by atoms with E-state index in [1.807, 2.05) is 6.92 Å². The lowest BCUT2D eigenvalue weighted by Gasteiger charge is -2.19. The Balaban J connectivity index is 2.30. The summed E-state index contributed by atoms with van der Waals surface area (Å²) in [5.41, 5.74) is 0.866. The number of carbonyl (C=O) groups is 1. The Kier molecular flexibility index (Phi) is 4.27. The molecular formula is C12H15BrN2O3S. The van der Waals surface area contributed by atoms with E-state index in [-0.39, 0.29) is 23.8 Å². The molecule has 0 unspecified atom stereocenters. The second kappa shape index (κ2) is 5.60. The molecule has 1 N–H and O–H groups in total. The Labute approximate surface area is 121 Å². The zero-order valence-electron chi connectivity index (χ0n) is 10.5. The van der Waals surface area contributed by atoms with Crippen molar-refractivity contribution in [1.82, 2.24) is 9.62 Å². The standard InChI is InChI=1S/C12H15BrN2O3S/c1-9-8-10(2-3-11(9)13)19(17,18)15-6-4-12(16)14-5-7-15/h2-3,8H,4-7H2,1H3,(H,14,16). The highest BCUT2D eigenvalue weighted by molar-refractivity contribution is 9.10. The summed E-state index contributed by atoms with van der Waals surface area (Å²) in [7, 11) is -3.53. The van der Waals surface area contributed by atoms with Gasteiger partial charge in [-0.15, -0.1) is 0 Å². The fourth-order valence-electron chi connectivity index (χ4n) is 1.91. The zero-order valence-corrected chi connectivity index (χ0v) is 12.9. The summed E-state index contributed by atoms with van der Waals surface area (Å²) in [4.78, 5) is 11.5. The summed E-state index contributed by atoms with van der Waals surface area (Å²) in [5.74, 6) is -0.107. The second-order valence-electron chi connectivity index (χ2n) is 4.42. The topological polar surface area (TPSA) is 66.5 Å². The molecule has 19 heavy (non-hydrogen) atoms. The van der Waals surface area contributed by atoms with Gasteiger partial charge in [-0.25, -0.2) is 8.42 Å². The molecule has 0 aliphatic carbocycles. The monoisotopic (exact) mass is 346 g/mol. The minimum Gasteiger partial charge on any atom is -0.355 e. The molecular weight excluding hydrogens is 332 g/mol. The lowest BCUT2D eigenvalue weighted by Crippen LogP contribution is -2.34. The van der Waals surface area contributed by atoms with Gasteiger partial charge in [0.15, 0.2) is 0 Å². The minimum absolute atomic E-state index is 0.107. The molecule has 1 heterocycles. The Morgan fingerprint density at radius 2 is 2.05 bits per heavy atom. The molecule has 5 nitrogen and oxygen atoms in total. The summed E-state index contributed by atoms with van der Waals surface area (Å²) < 4.78 is 27.2. The third-order valence-corrected chi connectivity index (χ3v) is 5.82. The van der Waals surface area contributed by atoms with Crippen LogP contribution >= 0.6 is 15.9 Å². The SMILES string of the molecule is Cc1cc(S(=O)(=O)N2CCNC(=O)CC2)ccc1Br. The smallest absolute Gasteiger partial charge is 0.243 e. The first-order chi connectivity index (χ1) is 8.91. The zero-order chi connectivity index (χ0) is 14.0. The number of nitrogens with zero attached hydrogens (tertiary/aromatic N) is 1. The van der Waals surface area contributed by atoms with E-state index < -0.39 is 10.0 Å². The van der Waals surface area contributed by atoms with Crippen LogP contribution in [0.25, 0.3) is 0 Å². The maximum Gasteiger partial charge on any atom is 0.243 e. The highest BCUT2D eigenvalue weighted by Gasteiger charge is 2.26. The van der Waals surface area contributed by atoms with Gasteiger partial charge in [0.05, 0.1) is 4.90 Å². The number of hydrogen-bond acceptors (Lipinski definition) is 3. The molecule has 0 atom stereocenters. The van der Waals surface area contributed by atoms with Gasteiger partial charge in [0.2, 0.25) is 15.9 Å². The largest absolute Gasteiger partial charge is 0.355 e. The molecule has 0 spiro atoms. The van der Waals surface area contributed by atoms with E-state index in [1.165, 1.54) is 4.31 Å². The third-order valence-electron chi connectivity index (χ3n) is 3.04. The van der Waals surface area contributed by atoms with E-state index in [0.717, 1.165) is 10.0 Å². The quantitative estimate of drug-likeness (QED) is 0.876. The predicted octanol–water partition coefficient (Wildman–Crippen LogP) is 1.27. The molecule has 104 valence electrons. The third kappa shape index (κ3) is 3.16. The van der Waals surface area contributed by atoms with E-state index in [2.05, 4.69) is 21.2 Å². The van der Waals surface area contributed by atoms with E-state index in [4.69, 9.17) is 0 Å². The van der Waals surface area contributed by atoms with Crippen molar-refractivity contribution in [2.75, 3.05) is 19.6 Å². The van der Waals surface area contributed by atoms with Gasteiger partial charge in [0.1, 0.15) is 0 Å². The van der Waals surface area contributed by atoms with Crippen LogP contribution in [0.3, 0.4) is 0 Å². The number of halogens is 1. The average Bonchev–Trinajstić information content (AvgIpc) is 2.57. The molecule has 0 aromatic heterocycles. The molecule has 1 fully saturated rings. The summed E-state index contributed by atoms with van der Waals surface area (Å²) in [5, 5.41) is 2.67. The molecule has 1 aromatic rings. The fourth-order valence-corrected chi connectivity index (χ4v) is 3.69. The van der Waals surface area contributed by atoms with Crippen molar-refractivity contribution in [3.8, 4) is 0 Å². The Hall–Kier alpha value is -0.920. The molecule has 1 saturated heterocycles. The number of aryl methyl sites for hydroxylation is 1. The molecule has 0 saturated carbocycles. The molecule has 2 rings (SSSR count). The molecule has 7 heteroatoms. The number of amides is 1. The van der Waals surface area contributed by atoms with Crippen molar-refractivity contribution in [3.05, 3.63) is 28.2 Å². The first kappa shape index (κ1) is 14.5. The van der Waals surface area contributed by atoms with Gasteiger partial charge >= 0.3 is 0 Å². The molecule has 1 aromatic carbocycles. The number of benzene rings is 1. The number of carbonyl (C=O) groups excluding carboxylic acids is 1. The van der Waals surface area contributed by atoms with E-state index in [9.17, 15) is 13.2 Å². The van der Waals surface area contributed by atoms with Crippen molar-refractivity contribution in [2.45, 2.75) is 18.2 Å². The van der Waals surface area contributed by atoms with Crippen molar-refractivity contribution >= 4 is 31.9 Å². The van der Waals surface area contributed by atoms with Gasteiger partial charge in [-0.2, -0.15) is 4.31 Å². The van der Waals surface area contributed by atoms with E-state index in [0.29, 0.717) is 13.1 Å².